The van der Waals surface area contributed by atoms with Gasteiger partial charge in [0.05, 0.1) is 22.5 Å². The molecule has 1 rings (SSSR count). The second kappa shape index (κ2) is 5.65. The molecule has 0 spiro atoms. The molecule has 0 radical (unpaired) electrons. The number of rotatable bonds is 4. The maximum Gasteiger partial charge on any atom is 0.124 e. The summed E-state index contributed by atoms with van der Waals surface area (Å²) in [6, 6.07) is 1.49. The lowest BCUT2D eigenvalue weighted by Crippen LogP contribution is -2.20. The van der Waals surface area contributed by atoms with Gasteiger partial charge in [0.1, 0.15) is 6.10 Å². The number of aliphatic hydroxyl groups is 2. The summed E-state index contributed by atoms with van der Waals surface area (Å²) in [5, 5.41) is 20.3. The second-order valence-corrected chi connectivity index (χ2v) is 4.35. The van der Waals surface area contributed by atoms with Gasteiger partial charge in [-0.1, -0.05) is 27.5 Å². The minimum absolute atomic E-state index is 0.257. The fraction of sp³-hybridized carbons (Fsp3) is 0.444. The highest BCUT2D eigenvalue weighted by Gasteiger charge is 2.21. The van der Waals surface area contributed by atoms with Gasteiger partial charge in [-0.25, -0.2) is 0 Å². The third-order valence-corrected chi connectivity index (χ3v) is 2.63. The maximum atomic E-state index is 9.74. The lowest BCUT2D eigenvalue weighted by atomic mass is 10.1. The molecular weight excluding hydrogens is 283 g/mol. The maximum absolute atomic E-state index is 9.74. The predicted octanol–water partition coefficient (Wildman–Crippen LogP) is 1.50. The van der Waals surface area contributed by atoms with E-state index in [1.807, 2.05) is 0 Å². The Morgan fingerprint density at radius 2 is 2.20 bits per heavy atom. The molecule has 0 saturated heterocycles. The van der Waals surface area contributed by atoms with E-state index < -0.39 is 12.2 Å². The monoisotopic (exact) mass is 294 g/mol. The van der Waals surface area contributed by atoms with E-state index in [0.717, 1.165) is 0 Å². The van der Waals surface area contributed by atoms with Crippen molar-refractivity contribution in [2.75, 3.05) is 11.1 Å². The first-order valence-electron chi connectivity index (χ1n) is 4.39. The number of nitrogens with zero attached hydrogens (tertiary/aromatic N) is 1. The molecule has 4 N–H and O–H groups in total. The van der Waals surface area contributed by atoms with E-state index >= 15 is 0 Å². The van der Waals surface area contributed by atoms with Crippen molar-refractivity contribution in [1.82, 2.24) is 4.98 Å². The molecule has 0 amide bonds. The van der Waals surface area contributed by atoms with Gasteiger partial charge in [0, 0.05) is 11.5 Å². The molecule has 0 saturated carbocycles. The Hall–Kier alpha value is -0.360. The van der Waals surface area contributed by atoms with Gasteiger partial charge < -0.3 is 15.9 Å². The molecular formula is C9H12BrClN2O2. The van der Waals surface area contributed by atoms with Crippen LogP contribution in [-0.2, 0) is 0 Å². The van der Waals surface area contributed by atoms with Gasteiger partial charge >= 0.3 is 0 Å². The number of aromatic nitrogens is 1. The summed E-state index contributed by atoms with van der Waals surface area (Å²) in [5.74, 6) is 0. The summed E-state index contributed by atoms with van der Waals surface area (Å²) in [4.78, 5) is 3.90. The molecule has 4 nitrogen and oxygen atoms in total. The van der Waals surface area contributed by atoms with Crippen LogP contribution < -0.4 is 5.73 Å². The summed E-state index contributed by atoms with van der Waals surface area (Å²) in [5.41, 5.74) is 6.16. The zero-order valence-corrected chi connectivity index (χ0v) is 10.2. The third-order valence-electron chi connectivity index (χ3n) is 1.97. The third kappa shape index (κ3) is 3.31. The Bertz CT molecular complexity index is 338. The number of nitrogens with two attached hydrogens (primary N) is 1. The van der Waals surface area contributed by atoms with Crippen LogP contribution >= 0.6 is 27.5 Å². The van der Waals surface area contributed by atoms with Crippen LogP contribution in [0.15, 0.2) is 12.3 Å². The van der Waals surface area contributed by atoms with E-state index in [1.165, 1.54) is 12.3 Å². The smallest absolute Gasteiger partial charge is 0.124 e. The molecule has 0 aliphatic carbocycles. The van der Waals surface area contributed by atoms with Crippen LogP contribution in [0.3, 0.4) is 0 Å². The van der Waals surface area contributed by atoms with E-state index in [1.54, 1.807) is 0 Å². The van der Waals surface area contributed by atoms with Gasteiger partial charge in [0.15, 0.2) is 0 Å². The largest absolute Gasteiger partial charge is 0.397 e. The van der Waals surface area contributed by atoms with Crippen LogP contribution in [0.2, 0.25) is 5.02 Å². The Kier molecular flexibility index (Phi) is 4.79. The van der Waals surface area contributed by atoms with Crippen molar-refractivity contribution in [2.45, 2.75) is 18.6 Å². The van der Waals surface area contributed by atoms with Crippen LogP contribution in [0, 0.1) is 0 Å². The quantitative estimate of drug-likeness (QED) is 0.736. The summed E-state index contributed by atoms with van der Waals surface area (Å²) < 4.78 is 0. The number of anilines is 1. The number of hydrogen-bond acceptors (Lipinski definition) is 4. The number of alkyl halides is 1. The molecule has 1 aromatic rings. The number of aliphatic hydroxyl groups excluding tert-OH is 2. The molecule has 0 bridgehead atoms. The molecule has 84 valence electrons. The van der Waals surface area contributed by atoms with Gasteiger partial charge in [0.25, 0.3) is 0 Å². The number of hydrogen-bond donors (Lipinski definition) is 3. The fourth-order valence-corrected chi connectivity index (χ4v) is 1.80. The Labute approximate surface area is 101 Å². The molecule has 0 fully saturated rings. The molecule has 2 atom stereocenters. The van der Waals surface area contributed by atoms with Gasteiger partial charge in [0.2, 0.25) is 0 Å². The highest BCUT2D eigenvalue weighted by molar-refractivity contribution is 9.09. The zero-order chi connectivity index (χ0) is 11.4. The van der Waals surface area contributed by atoms with Gasteiger partial charge in [-0.05, 0) is 12.5 Å². The Morgan fingerprint density at radius 3 is 2.73 bits per heavy atom. The van der Waals surface area contributed by atoms with Crippen molar-refractivity contribution in [3.8, 4) is 0 Å². The number of nitrogen functional groups attached to an aromatic ring is 1. The molecule has 1 heterocycles. The standard InChI is InChI=1S/C9H12BrClN2O2/c10-2-1-7(14)9(15)8-6(12)3-5(11)4-13-8/h3-4,7,9,14-15H,1-2,12H2. The van der Waals surface area contributed by atoms with E-state index in [9.17, 15) is 10.2 Å². The van der Waals surface area contributed by atoms with Crippen molar-refractivity contribution < 1.29 is 10.2 Å². The van der Waals surface area contributed by atoms with Crippen LogP contribution in [-0.4, -0.2) is 26.6 Å². The molecule has 6 heteroatoms. The topological polar surface area (TPSA) is 79.4 Å². The summed E-state index contributed by atoms with van der Waals surface area (Å²) in [6.45, 7) is 0. The highest BCUT2D eigenvalue weighted by atomic mass is 79.9. The lowest BCUT2D eigenvalue weighted by Gasteiger charge is -2.17. The minimum atomic E-state index is -1.08. The second-order valence-electron chi connectivity index (χ2n) is 3.12. The van der Waals surface area contributed by atoms with Gasteiger partial charge in [-0.3, -0.25) is 4.98 Å². The van der Waals surface area contributed by atoms with Crippen LogP contribution in [0.25, 0.3) is 0 Å². The Balaban J connectivity index is 2.86. The van der Waals surface area contributed by atoms with Crippen molar-refractivity contribution in [3.05, 3.63) is 23.0 Å². The fourth-order valence-electron chi connectivity index (χ4n) is 1.16. The van der Waals surface area contributed by atoms with E-state index in [4.69, 9.17) is 17.3 Å². The average Bonchev–Trinajstić information content (AvgIpc) is 2.17. The summed E-state index contributed by atoms with van der Waals surface area (Å²) in [6.07, 6.45) is -0.164. The first kappa shape index (κ1) is 12.7. The zero-order valence-electron chi connectivity index (χ0n) is 7.90. The van der Waals surface area contributed by atoms with Crippen LogP contribution in [0.5, 0.6) is 0 Å². The molecule has 0 aromatic carbocycles. The van der Waals surface area contributed by atoms with E-state index in [0.29, 0.717) is 16.8 Å². The normalized spacial score (nSPS) is 14.9. The molecule has 2 unspecified atom stereocenters. The SMILES string of the molecule is Nc1cc(Cl)cnc1C(O)C(O)CCBr. The summed E-state index contributed by atoms with van der Waals surface area (Å²) >= 11 is 8.85. The van der Waals surface area contributed by atoms with E-state index in [2.05, 4.69) is 20.9 Å². The first-order chi connectivity index (χ1) is 7.06. The number of halogens is 2. The molecule has 15 heavy (non-hydrogen) atoms. The Morgan fingerprint density at radius 1 is 1.53 bits per heavy atom. The molecule has 1 aromatic heterocycles. The van der Waals surface area contributed by atoms with Crippen molar-refractivity contribution in [3.63, 3.8) is 0 Å². The van der Waals surface area contributed by atoms with Crippen LogP contribution in [0.4, 0.5) is 5.69 Å². The van der Waals surface area contributed by atoms with Crippen molar-refractivity contribution >= 4 is 33.2 Å². The summed E-state index contributed by atoms with van der Waals surface area (Å²) in [7, 11) is 0. The predicted molar refractivity (Wildman–Crippen MR) is 63.0 cm³/mol. The van der Waals surface area contributed by atoms with Crippen molar-refractivity contribution in [2.24, 2.45) is 0 Å². The number of pyridine rings is 1. The molecule has 0 aliphatic rings. The van der Waals surface area contributed by atoms with Crippen LogP contribution in [0.1, 0.15) is 18.2 Å². The van der Waals surface area contributed by atoms with Gasteiger partial charge in [-0.2, -0.15) is 0 Å². The average molecular weight is 296 g/mol. The first-order valence-corrected chi connectivity index (χ1v) is 5.89. The lowest BCUT2D eigenvalue weighted by molar-refractivity contribution is 0.0153. The molecule has 0 aliphatic heterocycles. The minimum Gasteiger partial charge on any atom is -0.397 e. The van der Waals surface area contributed by atoms with Crippen molar-refractivity contribution in [1.29, 1.82) is 0 Å². The van der Waals surface area contributed by atoms with Gasteiger partial charge in [-0.15, -0.1) is 0 Å². The highest BCUT2D eigenvalue weighted by Crippen LogP contribution is 2.24. The van der Waals surface area contributed by atoms with E-state index in [-0.39, 0.29) is 11.4 Å².